The predicted octanol–water partition coefficient (Wildman–Crippen LogP) is 4.41. The SMILES string of the molecule is O=C(Nc1ccc(N2CCCC(OC(=O)N3CCCCC3)C2)cc1)C1CCCC1. The first-order chi connectivity index (χ1) is 14.2. The van der Waals surface area contributed by atoms with E-state index in [1.165, 1.54) is 6.42 Å². The van der Waals surface area contributed by atoms with E-state index in [2.05, 4.69) is 22.3 Å². The number of amides is 2. The zero-order chi connectivity index (χ0) is 20.1. The van der Waals surface area contributed by atoms with Gasteiger partial charge in [-0.25, -0.2) is 4.79 Å². The van der Waals surface area contributed by atoms with Gasteiger partial charge in [-0.3, -0.25) is 4.79 Å². The summed E-state index contributed by atoms with van der Waals surface area (Å²) in [4.78, 5) is 28.8. The molecule has 6 nitrogen and oxygen atoms in total. The molecule has 2 heterocycles. The van der Waals surface area contributed by atoms with Gasteiger partial charge in [0.15, 0.2) is 0 Å². The number of carbonyl (C=O) groups is 2. The number of hydrogen-bond donors (Lipinski definition) is 1. The molecule has 0 spiro atoms. The predicted molar refractivity (Wildman–Crippen MR) is 114 cm³/mol. The first-order valence-electron chi connectivity index (χ1n) is 11.3. The lowest BCUT2D eigenvalue weighted by Crippen LogP contribution is -2.44. The number of piperidine rings is 2. The molecule has 4 rings (SSSR count). The quantitative estimate of drug-likeness (QED) is 0.815. The molecule has 2 aliphatic heterocycles. The van der Waals surface area contributed by atoms with Crippen LogP contribution in [0, 0.1) is 5.92 Å². The van der Waals surface area contributed by atoms with Crippen molar-refractivity contribution in [1.82, 2.24) is 4.90 Å². The van der Waals surface area contributed by atoms with E-state index in [9.17, 15) is 9.59 Å². The number of benzene rings is 1. The Hall–Kier alpha value is -2.24. The van der Waals surface area contributed by atoms with E-state index in [4.69, 9.17) is 4.74 Å². The van der Waals surface area contributed by atoms with Crippen molar-refractivity contribution in [2.45, 2.75) is 63.9 Å². The maximum Gasteiger partial charge on any atom is 0.410 e. The average molecular weight is 400 g/mol. The van der Waals surface area contributed by atoms with Crippen LogP contribution in [-0.2, 0) is 9.53 Å². The normalized spacial score (nSPS) is 23.1. The van der Waals surface area contributed by atoms with E-state index in [0.29, 0.717) is 0 Å². The molecule has 1 unspecified atom stereocenters. The molecule has 1 N–H and O–H groups in total. The molecule has 2 saturated heterocycles. The van der Waals surface area contributed by atoms with Gasteiger partial charge < -0.3 is 19.9 Å². The first kappa shape index (κ1) is 20.0. The first-order valence-corrected chi connectivity index (χ1v) is 11.3. The molecule has 3 fully saturated rings. The minimum absolute atomic E-state index is 0.0556. The molecule has 0 aromatic heterocycles. The highest BCUT2D eigenvalue weighted by Gasteiger charge is 2.27. The summed E-state index contributed by atoms with van der Waals surface area (Å²) in [7, 11) is 0. The van der Waals surface area contributed by atoms with E-state index in [1.807, 2.05) is 17.0 Å². The smallest absolute Gasteiger partial charge is 0.410 e. The summed E-state index contributed by atoms with van der Waals surface area (Å²) in [5, 5.41) is 3.05. The maximum absolute atomic E-state index is 12.4. The van der Waals surface area contributed by atoms with Crippen LogP contribution in [0.1, 0.15) is 57.8 Å². The minimum Gasteiger partial charge on any atom is -0.444 e. The minimum atomic E-state index is -0.151. The number of nitrogens with one attached hydrogen (secondary N) is 1. The van der Waals surface area contributed by atoms with Crippen LogP contribution in [0.2, 0.25) is 0 Å². The second kappa shape index (κ2) is 9.51. The number of rotatable bonds is 4. The molecule has 3 aliphatic rings. The fraction of sp³-hybridized carbons (Fsp3) is 0.652. The van der Waals surface area contributed by atoms with Gasteiger partial charge in [-0.05, 0) is 69.2 Å². The number of ether oxygens (including phenoxy) is 1. The Kier molecular flexibility index (Phi) is 6.57. The van der Waals surface area contributed by atoms with E-state index >= 15 is 0 Å². The van der Waals surface area contributed by atoms with Crippen LogP contribution < -0.4 is 10.2 Å². The lowest BCUT2D eigenvalue weighted by Gasteiger charge is -2.35. The molecule has 0 bridgehead atoms. The third-order valence-corrected chi connectivity index (χ3v) is 6.49. The second-order valence-electron chi connectivity index (χ2n) is 8.66. The van der Waals surface area contributed by atoms with Gasteiger partial charge in [0.1, 0.15) is 6.10 Å². The zero-order valence-electron chi connectivity index (χ0n) is 17.3. The van der Waals surface area contributed by atoms with Crippen LogP contribution in [0.5, 0.6) is 0 Å². The highest BCUT2D eigenvalue weighted by atomic mass is 16.6. The zero-order valence-corrected chi connectivity index (χ0v) is 17.3. The number of hydrogen-bond acceptors (Lipinski definition) is 4. The Labute approximate surface area is 173 Å². The number of anilines is 2. The van der Waals surface area contributed by atoms with Crippen LogP contribution in [-0.4, -0.2) is 49.2 Å². The van der Waals surface area contributed by atoms with Gasteiger partial charge in [0.25, 0.3) is 0 Å². The Morgan fingerprint density at radius 1 is 0.862 bits per heavy atom. The van der Waals surface area contributed by atoms with E-state index in [0.717, 1.165) is 88.9 Å². The van der Waals surface area contributed by atoms with Crippen LogP contribution >= 0.6 is 0 Å². The summed E-state index contributed by atoms with van der Waals surface area (Å²) in [6.07, 6.45) is 9.43. The van der Waals surface area contributed by atoms with Crippen molar-refractivity contribution in [2.24, 2.45) is 5.92 Å². The van der Waals surface area contributed by atoms with E-state index < -0.39 is 0 Å². The largest absolute Gasteiger partial charge is 0.444 e. The Bertz CT molecular complexity index is 694. The van der Waals surface area contributed by atoms with Crippen molar-refractivity contribution < 1.29 is 14.3 Å². The molecule has 6 heteroatoms. The van der Waals surface area contributed by atoms with Crippen LogP contribution in [0.4, 0.5) is 16.2 Å². The van der Waals surface area contributed by atoms with Gasteiger partial charge in [0.05, 0.1) is 6.54 Å². The van der Waals surface area contributed by atoms with Gasteiger partial charge in [0, 0.05) is 36.9 Å². The standard InChI is InChI=1S/C23H33N3O3/c27-22(18-7-2-3-8-18)24-19-10-12-20(13-11-19)26-16-6-9-21(17-26)29-23(28)25-14-4-1-5-15-25/h10-13,18,21H,1-9,14-17H2,(H,24,27). The lowest BCUT2D eigenvalue weighted by molar-refractivity contribution is -0.119. The van der Waals surface area contributed by atoms with Crippen molar-refractivity contribution in [1.29, 1.82) is 0 Å². The van der Waals surface area contributed by atoms with Gasteiger partial charge >= 0.3 is 6.09 Å². The number of likely N-dealkylation sites (tertiary alicyclic amines) is 1. The highest BCUT2D eigenvalue weighted by molar-refractivity contribution is 5.92. The van der Waals surface area contributed by atoms with Crippen molar-refractivity contribution in [3.63, 3.8) is 0 Å². The van der Waals surface area contributed by atoms with Gasteiger partial charge in [-0.1, -0.05) is 12.8 Å². The Balaban J connectivity index is 1.29. The third-order valence-electron chi connectivity index (χ3n) is 6.49. The maximum atomic E-state index is 12.4. The molecular formula is C23H33N3O3. The van der Waals surface area contributed by atoms with Crippen molar-refractivity contribution in [2.75, 3.05) is 36.4 Å². The van der Waals surface area contributed by atoms with Crippen molar-refractivity contribution >= 4 is 23.4 Å². The van der Waals surface area contributed by atoms with Gasteiger partial charge in [-0.2, -0.15) is 0 Å². The van der Waals surface area contributed by atoms with Crippen LogP contribution in [0.25, 0.3) is 0 Å². The summed E-state index contributed by atoms with van der Waals surface area (Å²) in [6, 6.07) is 8.06. The number of nitrogens with zero attached hydrogens (tertiary/aromatic N) is 2. The lowest BCUT2D eigenvalue weighted by atomic mass is 10.1. The molecule has 0 radical (unpaired) electrons. The molecule has 158 valence electrons. The number of carbonyl (C=O) groups excluding carboxylic acids is 2. The molecule has 2 amide bonds. The molecule has 1 aliphatic carbocycles. The topological polar surface area (TPSA) is 61.9 Å². The average Bonchev–Trinajstić information content (AvgIpc) is 3.30. The monoisotopic (exact) mass is 399 g/mol. The van der Waals surface area contributed by atoms with Gasteiger partial charge in [0.2, 0.25) is 5.91 Å². The van der Waals surface area contributed by atoms with Crippen molar-refractivity contribution in [3.8, 4) is 0 Å². The highest BCUT2D eigenvalue weighted by Crippen LogP contribution is 2.27. The molecule has 1 saturated carbocycles. The van der Waals surface area contributed by atoms with Crippen LogP contribution in [0.15, 0.2) is 24.3 Å². The Morgan fingerprint density at radius 2 is 1.59 bits per heavy atom. The van der Waals surface area contributed by atoms with E-state index in [-0.39, 0.29) is 24.0 Å². The second-order valence-corrected chi connectivity index (χ2v) is 8.66. The summed E-state index contributed by atoms with van der Waals surface area (Å²) in [6.45, 7) is 3.34. The van der Waals surface area contributed by atoms with Crippen molar-refractivity contribution in [3.05, 3.63) is 24.3 Å². The summed E-state index contributed by atoms with van der Waals surface area (Å²) < 4.78 is 5.80. The molecule has 1 aromatic rings. The molecule has 1 atom stereocenters. The Morgan fingerprint density at radius 3 is 2.31 bits per heavy atom. The summed E-state index contributed by atoms with van der Waals surface area (Å²) in [5.74, 6) is 0.324. The molecular weight excluding hydrogens is 366 g/mol. The fourth-order valence-corrected chi connectivity index (χ4v) is 4.75. The fourth-order valence-electron chi connectivity index (χ4n) is 4.75. The molecule has 1 aromatic carbocycles. The van der Waals surface area contributed by atoms with E-state index in [1.54, 1.807) is 0 Å². The third kappa shape index (κ3) is 5.22. The van der Waals surface area contributed by atoms with Crippen LogP contribution in [0.3, 0.4) is 0 Å². The summed E-state index contributed by atoms with van der Waals surface area (Å²) >= 11 is 0. The van der Waals surface area contributed by atoms with Gasteiger partial charge in [-0.15, -0.1) is 0 Å². The molecule has 29 heavy (non-hydrogen) atoms. The summed E-state index contributed by atoms with van der Waals surface area (Å²) in [5.41, 5.74) is 1.97.